The van der Waals surface area contributed by atoms with Crippen molar-refractivity contribution < 1.29 is 9.53 Å². The van der Waals surface area contributed by atoms with Gasteiger partial charge in [0.05, 0.1) is 23.1 Å². The molecule has 0 aliphatic heterocycles. The maximum absolute atomic E-state index is 12.3. The topological polar surface area (TPSA) is 77.2 Å². The van der Waals surface area contributed by atoms with Gasteiger partial charge in [-0.05, 0) is 50.8 Å². The van der Waals surface area contributed by atoms with Crippen LogP contribution in [0, 0.1) is 0 Å². The summed E-state index contributed by atoms with van der Waals surface area (Å²) >= 11 is 0. The van der Waals surface area contributed by atoms with Crippen molar-refractivity contribution in [1.82, 2.24) is 10.3 Å². The van der Waals surface area contributed by atoms with E-state index in [4.69, 9.17) is 10.5 Å². The average Bonchev–Trinajstić information content (AvgIpc) is 3.48. The summed E-state index contributed by atoms with van der Waals surface area (Å²) in [6, 6.07) is 20.3. The van der Waals surface area contributed by atoms with Crippen LogP contribution in [-0.4, -0.2) is 16.7 Å². The lowest BCUT2D eigenvalue weighted by atomic mass is 9.96. The van der Waals surface area contributed by atoms with Crippen LogP contribution in [0.5, 0.6) is 0 Å². The zero-order valence-corrected chi connectivity index (χ0v) is 17.6. The normalized spacial score (nSPS) is 14.8. The monoisotopic (exact) mass is 401 g/mol. The molecular weight excluding hydrogens is 374 g/mol. The Kier molecular flexibility index (Phi) is 4.98. The minimum atomic E-state index is -0.515. The second kappa shape index (κ2) is 7.48. The van der Waals surface area contributed by atoms with Crippen molar-refractivity contribution >= 4 is 11.8 Å². The van der Waals surface area contributed by atoms with E-state index in [1.165, 1.54) is 0 Å². The fourth-order valence-electron chi connectivity index (χ4n) is 3.61. The first-order chi connectivity index (χ1) is 14.3. The molecule has 5 nitrogen and oxygen atoms in total. The number of nitrogen functional groups attached to an aromatic ring is 1. The summed E-state index contributed by atoms with van der Waals surface area (Å²) in [6.07, 6.45) is 3.11. The molecule has 0 unspecified atom stereocenters. The molecule has 0 spiro atoms. The lowest BCUT2D eigenvalue weighted by molar-refractivity contribution is 0.0495. The predicted octanol–water partition coefficient (Wildman–Crippen LogP) is 5.51. The van der Waals surface area contributed by atoms with Gasteiger partial charge in [0.1, 0.15) is 5.60 Å². The van der Waals surface area contributed by atoms with Gasteiger partial charge in [-0.25, -0.2) is 4.79 Å². The second-order valence-corrected chi connectivity index (χ2v) is 8.82. The van der Waals surface area contributed by atoms with Gasteiger partial charge in [0.25, 0.3) is 0 Å². The first-order valence-electron chi connectivity index (χ1n) is 10.2. The van der Waals surface area contributed by atoms with E-state index in [1.54, 1.807) is 6.20 Å². The van der Waals surface area contributed by atoms with Crippen molar-refractivity contribution in [2.75, 3.05) is 5.73 Å². The van der Waals surface area contributed by atoms with E-state index < -0.39 is 5.60 Å². The Morgan fingerprint density at radius 3 is 2.30 bits per heavy atom. The molecule has 1 heterocycles. The van der Waals surface area contributed by atoms with Crippen molar-refractivity contribution in [3.8, 4) is 22.4 Å². The van der Waals surface area contributed by atoms with Gasteiger partial charge in [-0.2, -0.15) is 0 Å². The zero-order chi connectivity index (χ0) is 21.4. The van der Waals surface area contributed by atoms with Gasteiger partial charge in [-0.3, -0.25) is 4.98 Å². The van der Waals surface area contributed by atoms with Crippen LogP contribution in [-0.2, 0) is 10.3 Å². The molecule has 0 radical (unpaired) electrons. The minimum absolute atomic E-state index is 0.336. The molecule has 154 valence electrons. The lowest BCUT2D eigenvalue weighted by Crippen LogP contribution is -2.39. The number of nitrogens with zero attached hydrogens (tertiary/aromatic N) is 1. The Labute approximate surface area is 177 Å². The van der Waals surface area contributed by atoms with Crippen LogP contribution in [0.1, 0.15) is 39.2 Å². The highest BCUT2D eigenvalue weighted by Gasteiger charge is 2.46. The standard InChI is InChI=1S/C25H27N3O2/c1-24(2,3)30-23(29)28-25(13-14-25)19-11-9-18(10-12-19)22-21(15-20(26)16-27-22)17-7-5-4-6-8-17/h4-12,15-16H,13-14,26H2,1-3H3,(H,28,29). The maximum Gasteiger partial charge on any atom is 0.408 e. The number of nitrogens with one attached hydrogen (secondary N) is 1. The Morgan fingerprint density at radius 2 is 1.70 bits per heavy atom. The third kappa shape index (κ3) is 4.30. The fraction of sp³-hybridized carbons (Fsp3) is 0.280. The van der Waals surface area contributed by atoms with Crippen LogP contribution in [0.15, 0.2) is 66.9 Å². The van der Waals surface area contributed by atoms with E-state index in [9.17, 15) is 4.79 Å². The molecule has 3 aromatic rings. The summed E-state index contributed by atoms with van der Waals surface area (Å²) in [7, 11) is 0. The van der Waals surface area contributed by atoms with E-state index in [2.05, 4.69) is 46.7 Å². The molecule has 1 aliphatic rings. The van der Waals surface area contributed by atoms with Crippen LogP contribution in [0.3, 0.4) is 0 Å². The minimum Gasteiger partial charge on any atom is -0.444 e. The molecular formula is C25H27N3O2. The molecule has 1 saturated carbocycles. The van der Waals surface area contributed by atoms with Crippen molar-refractivity contribution in [3.05, 3.63) is 72.4 Å². The number of amides is 1. The summed E-state index contributed by atoms with van der Waals surface area (Å²) in [5.74, 6) is 0. The molecule has 1 fully saturated rings. The molecule has 5 heteroatoms. The largest absolute Gasteiger partial charge is 0.444 e. The van der Waals surface area contributed by atoms with Crippen LogP contribution < -0.4 is 11.1 Å². The molecule has 0 bridgehead atoms. The Balaban J connectivity index is 1.60. The summed E-state index contributed by atoms with van der Waals surface area (Å²) in [5, 5.41) is 3.05. The number of ether oxygens (including phenoxy) is 1. The molecule has 3 N–H and O–H groups in total. The van der Waals surface area contributed by atoms with Crippen LogP contribution >= 0.6 is 0 Å². The first kappa shape index (κ1) is 20.0. The Bertz CT molecular complexity index is 1050. The molecule has 2 aromatic carbocycles. The molecule has 1 aromatic heterocycles. The average molecular weight is 402 g/mol. The van der Waals surface area contributed by atoms with Crippen LogP contribution in [0.2, 0.25) is 0 Å². The van der Waals surface area contributed by atoms with Gasteiger partial charge >= 0.3 is 6.09 Å². The van der Waals surface area contributed by atoms with Gasteiger partial charge < -0.3 is 15.8 Å². The van der Waals surface area contributed by atoms with E-state index in [-0.39, 0.29) is 11.6 Å². The number of hydrogen-bond acceptors (Lipinski definition) is 4. The number of alkyl carbamates (subject to hydrolysis) is 1. The summed E-state index contributed by atoms with van der Waals surface area (Å²) in [6.45, 7) is 5.60. The SMILES string of the molecule is CC(C)(C)OC(=O)NC1(c2ccc(-c3ncc(N)cc3-c3ccccc3)cc2)CC1. The number of carbonyl (C=O) groups excluding carboxylic acids is 1. The molecule has 30 heavy (non-hydrogen) atoms. The molecule has 1 aliphatic carbocycles. The predicted molar refractivity (Wildman–Crippen MR) is 120 cm³/mol. The van der Waals surface area contributed by atoms with Gasteiger partial charge in [-0.15, -0.1) is 0 Å². The number of carbonyl (C=O) groups is 1. The maximum atomic E-state index is 12.3. The summed E-state index contributed by atoms with van der Waals surface area (Å²) < 4.78 is 5.43. The smallest absolute Gasteiger partial charge is 0.408 e. The quantitative estimate of drug-likeness (QED) is 0.604. The number of aromatic nitrogens is 1. The Morgan fingerprint density at radius 1 is 1.03 bits per heavy atom. The van der Waals surface area contributed by atoms with Crippen molar-refractivity contribution in [1.29, 1.82) is 0 Å². The highest BCUT2D eigenvalue weighted by molar-refractivity contribution is 5.82. The molecule has 4 rings (SSSR count). The van der Waals surface area contributed by atoms with Gasteiger partial charge in [0, 0.05) is 11.1 Å². The van der Waals surface area contributed by atoms with Crippen molar-refractivity contribution in [2.45, 2.75) is 44.8 Å². The number of benzene rings is 2. The second-order valence-electron chi connectivity index (χ2n) is 8.82. The van der Waals surface area contributed by atoms with Gasteiger partial charge in [-0.1, -0.05) is 54.6 Å². The number of nitrogens with two attached hydrogens (primary N) is 1. The fourth-order valence-corrected chi connectivity index (χ4v) is 3.61. The lowest BCUT2D eigenvalue weighted by Gasteiger charge is -2.24. The van der Waals surface area contributed by atoms with Gasteiger partial charge in [0.2, 0.25) is 0 Å². The van der Waals surface area contributed by atoms with E-state index in [1.807, 2.05) is 45.0 Å². The summed E-state index contributed by atoms with van der Waals surface area (Å²) in [5.41, 5.74) is 10.8. The van der Waals surface area contributed by atoms with Crippen molar-refractivity contribution in [3.63, 3.8) is 0 Å². The number of hydrogen-bond donors (Lipinski definition) is 2. The van der Waals surface area contributed by atoms with E-state index >= 15 is 0 Å². The molecule has 1 amide bonds. The third-order valence-corrected chi connectivity index (χ3v) is 5.19. The van der Waals surface area contributed by atoms with E-state index in [0.717, 1.165) is 40.8 Å². The number of rotatable bonds is 4. The Hall–Kier alpha value is -3.34. The number of anilines is 1. The third-order valence-electron chi connectivity index (χ3n) is 5.19. The molecule has 0 saturated heterocycles. The highest BCUT2D eigenvalue weighted by Crippen LogP contribution is 2.46. The number of pyridine rings is 1. The molecule has 0 atom stereocenters. The van der Waals surface area contributed by atoms with Crippen LogP contribution in [0.25, 0.3) is 22.4 Å². The highest BCUT2D eigenvalue weighted by atomic mass is 16.6. The van der Waals surface area contributed by atoms with E-state index in [0.29, 0.717) is 5.69 Å². The van der Waals surface area contributed by atoms with Crippen molar-refractivity contribution in [2.24, 2.45) is 0 Å². The first-order valence-corrected chi connectivity index (χ1v) is 10.2. The summed E-state index contributed by atoms with van der Waals surface area (Å²) in [4.78, 5) is 16.9. The van der Waals surface area contributed by atoms with Crippen LogP contribution in [0.4, 0.5) is 10.5 Å². The zero-order valence-electron chi connectivity index (χ0n) is 17.6. The van der Waals surface area contributed by atoms with Gasteiger partial charge in [0.15, 0.2) is 0 Å².